The van der Waals surface area contributed by atoms with Crippen molar-refractivity contribution in [3.8, 4) is 5.75 Å². The van der Waals surface area contributed by atoms with Crippen LogP contribution in [0.4, 0.5) is 5.69 Å². The van der Waals surface area contributed by atoms with Crippen LogP contribution in [0.25, 0.3) is 0 Å². The number of benzene rings is 1. The first-order valence-electron chi connectivity index (χ1n) is 6.76. The number of aryl methyl sites for hydroxylation is 1. The monoisotopic (exact) mass is 294 g/mol. The van der Waals surface area contributed by atoms with Crippen LogP contribution in [0.1, 0.15) is 31.2 Å². The largest absolute Gasteiger partial charge is 0.483 e. The van der Waals surface area contributed by atoms with E-state index < -0.39 is 22.5 Å². The summed E-state index contributed by atoms with van der Waals surface area (Å²) in [6, 6.07) is 4.70. The molecule has 2 atom stereocenters. The van der Waals surface area contributed by atoms with Gasteiger partial charge in [0.2, 0.25) is 0 Å². The predicted octanol–water partition coefficient (Wildman–Crippen LogP) is 2.01. The molecule has 7 heteroatoms. The smallest absolute Gasteiger partial charge is 0.323 e. The van der Waals surface area contributed by atoms with Crippen molar-refractivity contribution in [2.75, 3.05) is 0 Å². The van der Waals surface area contributed by atoms with Crippen molar-refractivity contribution < 1.29 is 19.6 Å². The fraction of sp³-hybridized carbons (Fsp3) is 0.500. The zero-order valence-corrected chi connectivity index (χ0v) is 11.7. The molecular formula is C14H18N2O5. The Morgan fingerprint density at radius 2 is 2.29 bits per heavy atom. The summed E-state index contributed by atoms with van der Waals surface area (Å²) in [6.45, 7) is 1.76. The van der Waals surface area contributed by atoms with E-state index in [1.165, 1.54) is 6.07 Å². The van der Waals surface area contributed by atoms with E-state index in [2.05, 4.69) is 0 Å². The lowest BCUT2D eigenvalue weighted by molar-refractivity contribution is -0.386. The van der Waals surface area contributed by atoms with E-state index in [9.17, 15) is 20.0 Å². The summed E-state index contributed by atoms with van der Waals surface area (Å²) in [5.74, 6) is -0.903. The molecule has 1 fully saturated rings. The summed E-state index contributed by atoms with van der Waals surface area (Å²) in [5.41, 5.74) is 5.19. The Hall–Kier alpha value is -2.15. The third-order valence-corrected chi connectivity index (χ3v) is 3.77. The molecule has 3 N–H and O–H groups in total. The molecule has 0 spiro atoms. The second kappa shape index (κ2) is 5.69. The third-order valence-electron chi connectivity index (χ3n) is 3.77. The van der Waals surface area contributed by atoms with Gasteiger partial charge in [0.1, 0.15) is 11.6 Å². The topological polar surface area (TPSA) is 116 Å². The van der Waals surface area contributed by atoms with Crippen molar-refractivity contribution in [2.45, 2.75) is 44.2 Å². The van der Waals surface area contributed by atoms with E-state index in [0.29, 0.717) is 19.3 Å². The first-order valence-corrected chi connectivity index (χ1v) is 6.76. The van der Waals surface area contributed by atoms with Gasteiger partial charge in [0, 0.05) is 12.5 Å². The van der Waals surface area contributed by atoms with E-state index in [1.54, 1.807) is 19.1 Å². The molecule has 0 bridgehead atoms. The molecular weight excluding hydrogens is 276 g/mol. The van der Waals surface area contributed by atoms with E-state index in [0.717, 1.165) is 5.56 Å². The molecule has 0 heterocycles. The van der Waals surface area contributed by atoms with Gasteiger partial charge < -0.3 is 15.6 Å². The highest BCUT2D eigenvalue weighted by atomic mass is 16.6. The zero-order valence-electron chi connectivity index (χ0n) is 11.7. The lowest BCUT2D eigenvalue weighted by Crippen LogP contribution is -2.53. The number of hydrogen-bond donors (Lipinski definition) is 2. The Labute approximate surface area is 121 Å². The van der Waals surface area contributed by atoms with Crippen LogP contribution >= 0.6 is 0 Å². The van der Waals surface area contributed by atoms with Crippen LogP contribution in [0.5, 0.6) is 5.75 Å². The van der Waals surface area contributed by atoms with Crippen molar-refractivity contribution in [1.29, 1.82) is 0 Å². The number of carboxylic acids is 1. The molecule has 1 aromatic carbocycles. The Bertz CT molecular complexity index is 574. The number of nitro groups is 1. The average Bonchev–Trinajstić information content (AvgIpc) is 2.40. The number of carboxylic acid groups (broad SMARTS) is 1. The second-order valence-corrected chi connectivity index (χ2v) is 5.53. The highest BCUT2D eigenvalue weighted by Crippen LogP contribution is 2.34. The molecule has 0 aromatic heterocycles. The van der Waals surface area contributed by atoms with Gasteiger partial charge in [-0.1, -0.05) is 6.07 Å². The molecule has 1 aliphatic rings. The van der Waals surface area contributed by atoms with Crippen LogP contribution in [0, 0.1) is 17.0 Å². The lowest BCUT2D eigenvalue weighted by atomic mass is 9.81. The molecule has 1 aromatic rings. The Balaban J connectivity index is 2.19. The maximum absolute atomic E-state index is 11.2. The highest BCUT2D eigenvalue weighted by molar-refractivity contribution is 5.78. The summed E-state index contributed by atoms with van der Waals surface area (Å²) in [7, 11) is 0. The summed E-state index contributed by atoms with van der Waals surface area (Å²) in [5, 5.41) is 20.2. The third kappa shape index (κ3) is 3.30. The van der Waals surface area contributed by atoms with Gasteiger partial charge in [-0.25, -0.2) is 0 Å². The maximum atomic E-state index is 11.2. The van der Waals surface area contributed by atoms with Gasteiger partial charge in [-0.3, -0.25) is 14.9 Å². The molecule has 0 radical (unpaired) electrons. The first-order chi connectivity index (χ1) is 9.82. The first kappa shape index (κ1) is 15.2. The molecule has 1 aliphatic carbocycles. The summed E-state index contributed by atoms with van der Waals surface area (Å²) in [6.07, 6.45) is 1.36. The molecule has 2 unspecified atom stereocenters. The fourth-order valence-electron chi connectivity index (χ4n) is 2.60. The van der Waals surface area contributed by atoms with Crippen molar-refractivity contribution in [3.05, 3.63) is 33.9 Å². The van der Waals surface area contributed by atoms with E-state index in [1.807, 2.05) is 0 Å². The van der Waals surface area contributed by atoms with Crippen LogP contribution in [0.2, 0.25) is 0 Å². The average molecular weight is 294 g/mol. The quantitative estimate of drug-likeness (QED) is 0.648. The van der Waals surface area contributed by atoms with Crippen LogP contribution in [0.3, 0.4) is 0 Å². The Kier molecular flexibility index (Phi) is 4.13. The Morgan fingerprint density at radius 3 is 2.90 bits per heavy atom. The molecule has 7 nitrogen and oxygen atoms in total. The van der Waals surface area contributed by atoms with E-state index >= 15 is 0 Å². The Morgan fingerprint density at radius 1 is 1.57 bits per heavy atom. The van der Waals surface area contributed by atoms with Crippen molar-refractivity contribution in [2.24, 2.45) is 5.73 Å². The molecule has 0 saturated heterocycles. The molecule has 114 valence electrons. The SMILES string of the molecule is Cc1ccc(OC2CCCC(N)(C(=O)O)C2)c([N+](=O)[O-])c1. The van der Waals surface area contributed by atoms with E-state index in [4.69, 9.17) is 10.5 Å². The molecule has 21 heavy (non-hydrogen) atoms. The minimum Gasteiger partial charge on any atom is -0.483 e. The summed E-state index contributed by atoms with van der Waals surface area (Å²) in [4.78, 5) is 21.8. The molecule has 1 saturated carbocycles. The van der Waals surface area contributed by atoms with E-state index in [-0.39, 0.29) is 17.9 Å². The number of hydrogen-bond acceptors (Lipinski definition) is 5. The number of carbonyl (C=O) groups is 1. The minimum absolute atomic E-state index is 0.112. The maximum Gasteiger partial charge on any atom is 0.323 e. The zero-order chi connectivity index (χ0) is 15.6. The predicted molar refractivity (Wildman–Crippen MR) is 75.3 cm³/mol. The van der Waals surface area contributed by atoms with Gasteiger partial charge in [0.25, 0.3) is 0 Å². The molecule has 2 rings (SSSR count). The van der Waals surface area contributed by atoms with Crippen LogP contribution in [-0.4, -0.2) is 27.6 Å². The van der Waals surface area contributed by atoms with Gasteiger partial charge in [-0.05, 0) is 37.8 Å². The number of nitro benzene ring substituents is 1. The lowest BCUT2D eigenvalue weighted by Gasteiger charge is -2.34. The van der Waals surface area contributed by atoms with Crippen LogP contribution < -0.4 is 10.5 Å². The van der Waals surface area contributed by atoms with Gasteiger partial charge in [-0.2, -0.15) is 0 Å². The van der Waals surface area contributed by atoms with Gasteiger partial charge in [0.05, 0.1) is 4.92 Å². The number of nitrogens with two attached hydrogens (primary N) is 1. The van der Waals surface area contributed by atoms with Crippen LogP contribution in [-0.2, 0) is 4.79 Å². The number of ether oxygens (including phenoxy) is 1. The van der Waals surface area contributed by atoms with Crippen LogP contribution in [0.15, 0.2) is 18.2 Å². The fourth-order valence-corrected chi connectivity index (χ4v) is 2.60. The standard InChI is InChI=1S/C14H18N2O5/c1-9-4-5-12(11(7-9)16(19)20)21-10-3-2-6-14(15,8-10)13(17)18/h4-5,7,10H,2-3,6,8,15H2,1H3,(H,17,18). The van der Waals surface area contributed by atoms with Crippen molar-refractivity contribution >= 4 is 11.7 Å². The number of aliphatic carboxylic acids is 1. The summed E-state index contributed by atoms with van der Waals surface area (Å²) < 4.78 is 5.66. The van der Waals surface area contributed by atoms with Gasteiger partial charge in [0.15, 0.2) is 5.75 Å². The highest BCUT2D eigenvalue weighted by Gasteiger charge is 2.40. The molecule has 0 amide bonds. The normalized spacial score (nSPS) is 25.3. The number of rotatable bonds is 4. The van der Waals surface area contributed by atoms with Crippen molar-refractivity contribution in [3.63, 3.8) is 0 Å². The number of nitrogens with zero attached hydrogens (tertiary/aromatic N) is 1. The summed E-state index contributed by atoms with van der Waals surface area (Å²) >= 11 is 0. The van der Waals surface area contributed by atoms with Crippen molar-refractivity contribution in [1.82, 2.24) is 0 Å². The second-order valence-electron chi connectivity index (χ2n) is 5.53. The molecule has 0 aliphatic heterocycles. The minimum atomic E-state index is -1.32. The van der Waals surface area contributed by atoms with Gasteiger partial charge in [-0.15, -0.1) is 0 Å². The van der Waals surface area contributed by atoms with Gasteiger partial charge >= 0.3 is 11.7 Å².